The van der Waals surface area contributed by atoms with Crippen molar-refractivity contribution in [1.82, 2.24) is 15.2 Å². The number of aromatic amines is 1. The average Bonchev–Trinajstić information content (AvgIpc) is 2.93. The Hall–Kier alpha value is -2.55. The van der Waals surface area contributed by atoms with Crippen molar-refractivity contribution < 1.29 is 9.59 Å². The molecule has 2 aromatic rings. The topological polar surface area (TPSA) is 117 Å². The predicted molar refractivity (Wildman–Crippen MR) is 92.8 cm³/mol. The molecule has 0 saturated carbocycles. The van der Waals surface area contributed by atoms with E-state index in [2.05, 4.69) is 20.5 Å². The SMILES string of the molecule is CC(Sc1n[nH]c(N)n1)C(=O)N1c2ccccc2NC(=O)C1(C)C. The summed E-state index contributed by atoms with van der Waals surface area (Å²) in [6.07, 6.45) is 0. The monoisotopic (exact) mass is 346 g/mol. The van der Waals surface area contributed by atoms with E-state index < -0.39 is 10.8 Å². The lowest BCUT2D eigenvalue weighted by Crippen LogP contribution is -2.60. The van der Waals surface area contributed by atoms with Gasteiger partial charge in [0.25, 0.3) is 0 Å². The number of carbonyl (C=O) groups excluding carboxylic acids is 2. The zero-order chi connectivity index (χ0) is 17.5. The number of nitrogen functional groups attached to an aromatic ring is 1. The highest BCUT2D eigenvalue weighted by Gasteiger charge is 2.44. The Morgan fingerprint density at radius 2 is 2.08 bits per heavy atom. The van der Waals surface area contributed by atoms with Crippen LogP contribution in [0.3, 0.4) is 0 Å². The highest BCUT2D eigenvalue weighted by atomic mass is 32.2. The van der Waals surface area contributed by atoms with Gasteiger partial charge in [0.05, 0.1) is 16.6 Å². The maximum atomic E-state index is 13.1. The predicted octanol–water partition coefficient (Wildman–Crippen LogP) is 1.63. The zero-order valence-electron chi connectivity index (χ0n) is 13.5. The van der Waals surface area contributed by atoms with Crippen LogP contribution in [0, 0.1) is 0 Å². The number of H-pyrrole nitrogens is 1. The minimum atomic E-state index is -1.00. The molecule has 0 bridgehead atoms. The highest BCUT2D eigenvalue weighted by Crippen LogP contribution is 2.38. The third-order valence-corrected chi connectivity index (χ3v) is 4.79. The molecule has 126 valence electrons. The molecule has 2 heterocycles. The van der Waals surface area contributed by atoms with Gasteiger partial charge in [0.2, 0.25) is 22.9 Å². The number of nitrogens with one attached hydrogen (secondary N) is 2. The van der Waals surface area contributed by atoms with Crippen molar-refractivity contribution in [3.05, 3.63) is 24.3 Å². The van der Waals surface area contributed by atoms with Gasteiger partial charge in [-0.2, -0.15) is 4.98 Å². The lowest BCUT2D eigenvalue weighted by molar-refractivity contribution is -0.126. The van der Waals surface area contributed by atoms with Crippen LogP contribution in [0.5, 0.6) is 0 Å². The number of nitrogens with zero attached hydrogens (tertiary/aromatic N) is 3. The van der Waals surface area contributed by atoms with Gasteiger partial charge in [-0.05, 0) is 32.9 Å². The fourth-order valence-corrected chi connectivity index (χ4v) is 3.32. The molecule has 1 aliphatic rings. The van der Waals surface area contributed by atoms with Crippen LogP contribution in [0.1, 0.15) is 20.8 Å². The van der Waals surface area contributed by atoms with Gasteiger partial charge in [-0.15, -0.1) is 5.10 Å². The number of amides is 2. The molecule has 1 aliphatic heterocycles. The van der Waals surface area contributed by atoms with Crippen LogP contribution in [-0.4, -0.2) is 37.8 Å². The second kappa shape index (κ2) is 5.82. The van der Waals surface area contributed by atoms with E-state index in [1.165, 1.54) is 16.7 Å². The summed E-state index contributed by atoms with van der Waals surface area (Å²) < 4.78 is 0. The van der Waals surface area contributed by atoms with E-state index in [0.29, 0.717) is 16.5 Å². The Morgan fingerprint density at radius 3 is 2.75 bits per heavy atom. The van der Waals surface area contributed by atoms with Crippen LogP contribution >= 0.6 is 11.8 Å². The molecule has 9 heteroatoms. The van der Waals surface area contributed by atoms with Crippen LogP contribution < -0.4 is 16.0 Å². The molecule has 4 N–H and O–H groups in total. The third-order valence-electron chi connectivity index (χ3n) is 3.84. The molecule has 0 aliphatic carbocycles. The van der Waals surface area contributed by atoms with Crippen LogP contribution in [0.25, 0.3) is 0 Å². The van der Waals surface area contributed by atoms with Gasteiger partial charge in [-0.25, -0.2) is 5.10 Å². The Morgan fingerprint density at radius 1 is 1.38 bits per heavy atom. The van der Waals surface area contributed by atoms with E-state index in [9.17, 15) is 9.59 Å². The summed E-state index contributed by atoms with van der Waals surface area (Å²) in [6, 6.07) is 7.24. The number of hydrogen-bond acceptors (Lipinski definition) is 6. The second-order valence-electron chi connectivity index (χ2n) is 5.97. The normalized spacial score (nSPS) is 17.1. The molecular formula is C15H18N6O2S. The van der Waals surface area contributed by atoms with Gasteiger partial charge in [0.15, 0.2) is 0 Å². The molecule has 3 rings (SSSR count). The van der Waals surface area contributed by atoms with Gasteiger partial charge < -0.3 is 11.1 Å². The summed E-state index contributed by atoms with van der Waals surface area (Å²) in [4.78, 5) is 31.0. The summed E-state index contributed by atoms with van der Waals surface area (Å²) in [5.74, 6) is -0.232. The van der Waals surface area contributed by atoms with E-state index in [1.807, 2.05) is 18.2 Å². The largest absolute Gasteiger partial charge is 0.368 e. The first-order valence-corrected chi connectivity index (χ1v) is 8.28. The molecule has 0 spiro atoms. The molecule has 0 radical (unpaired) electrons. The Kier molecular flexibility index (Phi) is 3.96. The average molecular weight is 346 g/mol. The number of fused-ring (bicyclic) bond motifs is 1. The summed E-state index contributed by atoms with van der Waals surface area (Å²) in [5, 5.41) is 9.21. The lowest BCUT2D eigenvalue weighted by Gasteiger charge is -2.42. The first-order chi connectivity index (χ1) is 11.3. The number of carbonyl (C=O) groups is 2. The molecule has 0 saturated heterocycles. The quantitative estimate of drug-likeness (QED) is 0.727. The standard InChI is InChI=1S/C15H18N6O2S/c1-8(24-14-18-13(16)19-20-14)11(22)21-10-7-5-4-6-9(10)17-12(23)15(21,2)3/h4-8H,1-3H3,(H,17,23)(H3,16,18,19,20). The fraction of sp³-hybridized carbons (Fsp3) is 0.333. The Balaban J connectivity index is 1.93. The number of benzene rings is 1. The van der Waals surface area contributed by atoms with E-state index in [-0.39, 0.29) is 17.8 Å². The van der Waals surface area contributed by atoms with Gasteiger partial charge in [0.1, 0.15) is 5.54 Å². The number of anilines is 3. The summed E-state index contributed by atoms with van der Waals surface area (Å²) >= 11 is 1.19. The van der Waals surface area contributed by atoms with Crippen molar-refractivity contribution in [2.24, 2.45) is 0 Å². The summed E-state index contributed by atoms with van der Waals surface area (Å²) in [5.41, 5.74) is 5.80. The minimum absolute atomic E-state index is 0.195. The molecule has 1 aromatic heterocycles. The van der Waals surface area contributed by atoms with Gasteiger partial charge in [0, 0.05) is 0 Å². The first-order valence-electron chi connectivity index (χ1n) is 7.40. The van der Waals surface area contributed by atoms with Crippen LogP contribution in [-0.2, 0) is 9.59 Å². The molecule has 0 fully saturated rings. The van der Waals surface area contributed by atoms with Crippen LogP contribution in [0.15, 0.2) is 29.4 Å². The van der Waals surface area contributed by atoms with E-state index in [1.54, 1.807) is 26.8 Å². The first kappa shape index (κ1) is 16.3. The maximum absolute atomic E-state index is 13.1. The van der Waals surface area contributed by atoms with E-state index in [4.69, 9.17) is 5.73 Å². The summed E-state index contributed by atoms with van der Waals surface area (Å²) in [6.45, 7) is 5.20. The molecule has 1 atom stereocenters. The zero-order valence-corrected chi connectivity index (χ0v) is 14.3. The number of nitrogens with two attached hydrogens (primary N) is 1. The van der Waals surface area contributed by atoms with Crippen molar-refractivity contribution in [2.45, 2.75) is 36.7 Å². The molecule has 1 unspecified atom stereocenters. The molecule has 1 aromatic carbocycles. The molecule has 8 nitrogen and oxygen atoms in total. The Labute approximate surface area is 143 Å². The van der Waals surface area contributed by atoms with Gasteiger partial charge >= 0.3 is 0 Å². The fourth-order valence-electron chi connectivity index (χ4n) is 2.55. The van der Waals surface area contributed by atoms with Crippen molar-refractivity contribution in [3.8, 4) is 0 Å². The highest BCUT2D eigenvalue weighted by molar-refractivity contribution is 8.00. The number of para-hydroxylation sites is 2. The number of thioether (sulfide) groups is 1. The van der Waals surface area contributed by atoms with Gasteiger partial charge in [-0.3, -0.25) is 14.5 Å². The van der Waals surface area contributed by atoms with Crippen LogP contribution in [0.4, 0.5) is 17.3 Å². The minimum Gasteiger partial charge on any atom is -0.368 e. The van der Waals surface area contributed by atoms with Gasteiger partial charge in [-0.1, -0.05) is 23.9 Å². The molecule has 2 amide bonds. The number of hydrogen-bond donors (Lipinski definition) is 3. The molecule has 24 heavy (non-hydrogen) atoms. The smallest absolute Gasteiger partial charge is 0.250 e. The maximum Gasteiger partial charge on any atom is 0.250 e. The third kappa shape index (κ3) is 2.71. The number of aromatic nitrogens is 3. The second-order valence-corrected chi connectivity index (χ2v) is 7.28. The lowest BCUT2D eigenvalue weighted by atomic mass is 9.96. The van der Waals surface area contributed by atoms with E-state index in [0.717, 1.165) is 0 Å². The van der Waals surface area contributed by atoms with Crippen LogP contribution in [0.2, 0.25) is 0 Å². The van der Waals surface area contributed by atoms with Crippen molar-refractivity contribution >= 4 is 40.9 Å². The van der Waals surface area contributed by atoms with Crippen molar-refractivity contribution in [1.29, 1.82) is 0 Å². The molecular weight excluding hydrogens is 328 g/mol. The van der Waals surface area contributed by atoms with Crippen molar-refractivity contribution in [3.63, 3.8) is 0 Å². The Bertz CT molecular complexity index is 803. The summed E-state index contributed by atoms with van der Waals surface area (Å²) in [7, 11) is 0. The van der Waals surface area contributed by atoms with Crippen molar-refractivity contribution in [2.75, 3.05) is 16.0 Å². The van der Waals surface area contributed by atoms with E-state index >= 15 is 0 Å². The number of rotatable bonds is 3.